The van der Waals surface area contributed by atoms with Crippen molar-refractivity contribution in [2.45, 2.75) is 13.3 Å². The maximum atomic E-state index is 11.7. The van der Waals surface area contributed by atoms with Crippen molar-refractivity contribution in [2.24, 2.45) is 16.8 Å². The van der Waals surface area contributed by atoms with Crippen LogP contribution in [0.2, 0.25) is 0 Å². The molecule has 0 spiro atoms. The van der Waals surface area contributed by atoms with Crippen LogP contribution in [0.5, 0.6) is 11.5 Å². The minimum atomic E-state index is -0.666. The number of carbonyl (C=O) groups is 1. The summed E-state index contributed by atoms with van der Waals surface area (Å²) in [6, 6.07) is 5.58. The van der Waals surface area contributed by atoms with Gasteiger partial charge in [-0.05, 0) is 31.0 Å². The molecule has 1 amide bonds. The second kappa shape index (κ2) is 7.98. The van der Waals surface area contributed by atoms with Crippen molar-refractivity contribution in [2.75, 3.05) is 20.8 Å². The first-order chi connectivity index (χ1) is 10.0. The van der Waals surface area contributed by atoms with Gasteiger partial charge in [-0.3, -0.25) is 4.79 Å². The van der Waals surface area contributed by atoms with Crippen molar-refractivity contribution in [3.8, 4) is 11.5 Å². The first kappa shape index (κ1) is 16.6. The Labute approximate surface area is 123 Å². The minimum Gasteiger partial charge on any atom is -0.493 e. The Bertz CT molecular complexity index is 517. The van der Waals surface area contributed by atoms with E-state index >= 15 is 0 Å². The fraction of sp³-hybridized carbons (Fsp3) is 0.429. The average molecular weight is 295 g/mol. The number of benzene rings is 1. The Kier molecular flexibility index (Phi) is 6.32. The highest BCUT2D eigenvalue weighted by Gasteiger charge is 2.16. The van der Waals surface area contributed by atoms with E-state index in [1.807, 2.05) is 18.2 Å². The maximum Gasteiger partial charge on any atom is 0.230 e. The van der Waals surface area contributed by atoms with E-state index in [1.165, 1.54) is 0 Å². The third-order valence-electron chi connectivity index (χ3n) is 3.11. The summed E-state index contributed by atoms with van der Waals surface area (Å²) in [6.07, 6.45) is 0.634. The van der Waals surface area contributed by atoms with Crippen molar-refractivity contribution in [1.29, 1.82) is 0 Å². The molecule has 0 aliphatic rings. The molecular formula is C14H21N3O4. The van der Waals surface area contributed by atoms with Gasteiger partial charge in [-0.25, -0.2) is 0 Å². The Hall–Kier alpha value is -2.44. The summed E-state index contributed by atoms with van der Waals surface area (Å²) in [5.74, 6) is 0.238. The third-order valence-corrected chi connectivity index (χ3v) is 3.11. The van der Waals surface area contributed by atoms with Gasteiger partial charge in [-0.15, -0.1) is 0 Å². The molecule has 0 saturated carbocycles. The van der Waals surface area contributed by atoms with E-state index in [0.29, 0.717) is 24.5 Å². The SMILES string of the molecule is COc1ccc(CCNC(=O)C(C)/C(N)=N/O)cc1OC. The molecule has 7 heteroatoms. The number of methoxy groups -OCH3 is 2. The number of amidine groups is 1. The smallest absolute Gasteiger partial charge is 0.230 e. The van der Waals surface area contributed by atoms with E-state index in [9.17, 15) is 4.79 Å². The number of nitrogens with two attached hydrogens (primary N) is 1. The molecular weight excluding hydrogens is 274 g/mol. The number of amides is 1. The third kappa shape index (κ3) is 4.55. The number of nitrogens with zero attached hydrogens (tertiary/aromatic N) is 1. The van der Waals surface area contributed by atoms with Gasteiger partial charge in [-0.2, -0.15) is 0 Å². The monoisotopic (exact) mass is 295 g/mol. The van der Waals surface area contributed by atoms with Crippen LogP contribution in [0, 0.1) is 5.92 Å². The fourth-order valence-corrected chi connectivity index (χ4v) is 1.74. The predicted molar refractivity (Wildman–Crippen MR) is 78.8 cm³/mol. The molecule has 0 fully saturated rings. The zero-order chi connectivity index (χ0) is 15.8. The minimum absolute atomic E-state index is 0.112. The molecule has 0 saturated heterocycles. The van der Waals surface area contributed by atoms with E-state index < -0.39 is 5.92 Å². The molecule has 0 radical (unpaired) electrons. The van der Waals surface area contributed by atoms with Crippen LogP contribution in [0.4, 0.5) is 0 Å². The summed E-state index contributed by atoms with van der Waals surface area (Å²) in [6.45, 7) is 2.01. The summed E-state index contributed by atoms with van der Waals surface area (Å²) in [4.78, 5) is 11.7. The fourth-order valence-electron chi connectivity index (χ4n) is 1.74. The molecule has 4 N–H and O–H groups in total. The number of oxime groups is 1. The molecule has 1 unspecified atom stereocenters. The summed E-state index contributed by atoms with van der Waals surface area (Å²) < 4.78 is 10.4. The van der Waals surface area contributed by atoms with Crippen molar-refractivity contribution < 1.29 is 19.5 Å². The molecule has 7 nitrogen and oxygen atoms in total. The second-order valence-corrected chi connectivity index (χ2v) is 4.48. The van der Waals surface area contributed by atoms with E-state index in [1.54, 1.807) is 21.1 Å². The van der Waals surface area contributed by atoms with Crippen LogP contribution in [0.1, 0.15) is 12.5 Å². The molecule has 116 valence electrons. The van der Waals surface area contributed by atoms with Crippen LogP contribution in [0.25, 0.3) is 0 Å². The van der Waals surface area contributed by atoms with Crippen LogP contribution in [-0.4, -0.2) is 37.7 Å². The lowest BCUT2D eigenvalue weighted by molar-refractivity contribution is -0.122. The second-order valence-electron chi connectivity index (χ2n) is 4.48. The van der Waals surface area contributed by atoms with Crippen LogP contribution in [0.3, 0.4) is 0 Å². The van der Waals surface area contributed by atoms with E-state index in [4.69, 9.17) is 20.4 Å². The molecule has 1 aromatic rings. The molecule has 21 heavy (non-hydrogen) atoms. The van der Waals surface area contributed by atoms with E-state index in [0.717, 1.165) is 5.56 Å². The van der Waals surface area contributed by atoms with Crippen LogP contribution >= 0.6 is 0 Å². The Balaban J connectivity index is 2.55. The lowest BCUT2D eigenvalue weighted by Crippen LogP contribution is -2.38. The zero-order valence-electron chi connectivity index (χ0n) is 12.4. The van der Waals surface area contributed by atoms with Gasteiger partial charge in [0.15, 0.2) is 17.3 Å². The van der Waals surface area contributed by atoms with Crippen molar-refractivity contribution in [1.82, 2.24) is 5.32 Å². The lowest BCUT2D eigenvalue weighted by atomic mass is 10.1. The molecule has 1 rings (SSSR count). The highest BCUT2D eigenvalue weighted by Crippen LogP contribution is 2.27. The average Bonchev–Trinajstić information content (AvgIpc) is 2.52. The molecule has 1 atom stereocenters. The molecule has 0 aromatic heterocycles. The van der Waals surface area contributed by atoms with Gasteiger partial charge in [0.2, 0.25) is 5.91 Å². The molecule has 0 heterocycles. The standard InChI is InChI=1S/C14H21N3O4/c1-9(13(15)17-19)14(18)16-7-6-10-4-5-11(20-2)12(8-10)21-3/h4-5,8-9,19H,6-7H2,1-3H3,(H2,15,17)(H,16,18). The predicted octanol–water partition coefficient (Wildman–Crippen LogP) is 0.745. The number of nitrogens with one attached hydrogen (secondary N) is 1. The van der Waals surface area contributed by atoms with Crippen LogP contribution in [-0.2, 0) is 11.2 Å². The van der Waals surface area contributed by atoms with Crippen LogP contribution in [0.15, 0.2) is 23.4 Å². The normalized spacial score (nSPS) is 12.6. The number of ether oxygens (including phenoxy) is 2. The summed E-state index contributed by atoms with van der Waals surface area (Å²) in [5.41, 5.74) is 6.38. The molecule has 1 aromatic carbocycles. The van der Waals surface area contributed by atoms with Gasteiger partial charge in [0, 0.05) is 6.54 Å². The van der Waals surface area contributed by atoms with Gasteiger partial charge < -0.3 is 25.7 Å². The first-order valence-corrected chi connectivity index (χ1v) is 6.49. The maximum absolute atomic E-state index is 11.7. The van der Waals surface area contributed by atoms with Gasteiger partial charge in [0.1, 0.15) is 0 Å². The van der Waals surface area contributed by atoms with Crippen molar-refractivity contribution in [3.63, 3.8) is 0 Å². The topological polar surface area (TPSA) is 106 Å². The summed E-state index contributed by atoms with van der Waals surface area (Å²) in [5, 5.41) is 14.1. The number of hydrogen-bond acceptors (Lipinski definition) is 5. The highest BCUT2D eigenvalue weighted by molar-refractivity contribution is 6.01. The number of hydrogen-bond donors (Lipinski definition) is 3. The van der Waals surface area contributed by atoms with E-state index in [2.05, 4.69) is 10.5 Å². The quantitative estimate of drug-likeness (QED) is 0.298. The lowest BCUT2D eigenvalue weighted by Gasteiger charge is -2.12. The number of carbonyl (C=O) groups excluding carboxylic acids is 1. The zero-order valence-corrected chi connectivity index (χ0v) is 12.4. The van der Waals surface area contributed by atoms with Crippen LogP contribution < -0.4 is 20.5 Å². The van der Waals surface area contributed by atoms with Gasteiger partial charge in [-0.1, -0.05) is 11.2 Å². The summed E-state index contributed by atoms with van der Waals surface area (Å²) >= 11 is 0. The van der Waals surface area contributed by atoms with Gasteiger partial charge in [0.05, 0.1) is 20.1 Å². The number of rotatable bonds is 7. The molecule has 0 aliphatic heterocycles. The van der Waals surface area contributed by atoms with Crippen molar-refractivity contribution in [3.05, 3.63) is 23.8 Å². The molecule has 0 aliphatic carbocycles. The first-order valence-electron chi connectivity index (χ1n) is 6.49. The Morgan fingerprint density at radius 1 is 1.38 bits per heavy atom. The highest BCUT2D eigenvalue weighted by atomic mass is 16.5. The Morgan fingerprint density at radius 2 is 2.05 bits per heavy atom. The van der Waals surface area contributed by atoms with E-state index in [-0.39, 0.29) is 11.7 Å². The van der Waals surface area contributed by atoms with Crippen molar-refractivity contribution >= 4 is 11.7 Å². The largest absolute Gasteiger partial charge is 0.493 e. The Morgan fingerprint density at radius 3 is 2.62 bits per heavy atom. The van der Waals surface area contributed by atoms with Gasteiger partial charge >= 0.3 is 0 Å². The molecule has 0 bridgehead atoms. The summed E-state index contributed by atoms with van der Waals surface area (Å²) in [7, 11) is 3.15. The van der Waals surface area contributed by atoms with Gasteiger partial charge in [0.25, 0.3) is 0 Å².